The highest BCUT2D eigenvalue weighted by Gasteiger charge is 2.24. The van der Waals surface area contributed by atoms with Crippen LogP contribution in [0.4, 0.5) is 5.82 Å². The van der Waals surface area contributed by atoms with Gasteiger partial charge in [0, 0.05) is 42.7 Å². The molecule has 0 bridgehead atoms. The Morgan fingerprint density at radius 2 is 2.06 bits per heavy atom. The second-order valence-electron chi connectivity index (χ2n) is 8.65. The maximum atomic E-state index is 12.7. The Kier molecular flexibility index (Phi) is 6.33. The summed E-state index contributed by atoms with van der Waals surface area (Å²) >= 11 is 0. The number of carbonyl (C=O) groups is 1. The molecule has 1 fully saturated rings. The molecule has 3 aromatic heterocycles. The van der Waals surface area contributed by atoms with Crippen molar-refractivity contribution in [2.75, 3.05) is 26.1 Å². The lowest BCUT2D eigenvalue weighted by Crippen LogP contribution is -2.24. The Morgan fingerprint density at radius 1 is 1.23 bits per heavy atom. The van der Waals surface area contributed by atoms with E-state index in [4.69, 9.17) is 20.2 Å². The lowest BCUT2D eigenvalue weighted by atomic mass is 10.0. The fourth-order valence-corrected chi connectivity index (χ4v) is 4.44. The fraction of sp³-hybridized carbons (Fsp3) is 0.308. The molecule has 3 N–H and O–H groups in total. The van der Waals surface area contributed by atoms with E-state index >= 15 is 0 Å². The maximum Gasteiger partial charge on any atom is 0.274 e. The summed E-state index contributed by atoms with van der Waals surface area (Å²) in [5.74, 6) is 1.76. The summed E-state index contributed by atoms with van der Waals surface area (Å²) in [6, 6.07) is 11.5. The van der Waals surface area contributed by atoms with Crippen molar-refractivity contribution in [2.45, 2.75) is 32.2 Å². The van der Waals surface area contributed by atoms with E-state index in [0.717, 1.165) is 53.3 Å². The van der Waals surface area contributed by atoms with Gasteiger partial charge in [0.1, 0.15) is 28.6 Å². The van der Waals surface area contributed by atoms with Crippen LogP contribution in [0, 0.1) is 6.92 Å². The van der Waals surface area contributed by atoms with E-state index in [2.05, 4.69) is 15.3 Å². The van der Waals surface area contributed by atoms with Crippen molar-refractivity contribution in [3.05, 3.63) is 71.6 Å². The molecular formula is C26H28N6O3. The number of anilines is 1. The molecule has 1 aliphatic rings. The van der Waals surface area contributed by atoms with Crippen molar-refractivity contribution in [2.24, 2.45) is 0 Å². The van der Waals surface area contributed by atoms with E-state index in [1.807, 2.05) is 47.9 Å². The fourth-order valence-electron chi connectivity index (χ4n) is 4.44. The van der Waals surface area contributed by atoms with Crippen LogP contribution in [0.1, 0.15) is 46.3 Å². The van der Waals surface area contributed by atoms with Gasteiger partial charge in [0.15, 0.2) is 5.69 Å². The van der Waals surface area contributed by atoms with Crippen LogP contribution < -0.4 is 15.8 Å². The zero-order chi connectivity index (χ0) is 24.4. The average Bonchev–Trinajstić information content (AvgIpc) is 3.29. The van der Waals surface area contributed by atoms with Crippen molar-refractivity contribution in [3.63, 3.8) is 0 Å². The molecule has 1 amide bonds. The first-order chi connectivity index (χ1) is 17.0. The van der Waals surface area contributed by atoms with Gasteiger partial charge in [-0.3, -0.25) is 9.20 Å². The Hall–Kier alpha value is -3.98. The van der Waals surface area contributed by atoms with Crippen LogP contribution in [0.5, 0.6) is 5.75 Å². The molecule has 1 saturated heterocycles. The van der Waals surface area contributed by atoms with E-state index in [0.29, 0.717) is 24.7 Å². The van der Waals surface area contributed by atoms with Crippen LogP contribution in [-0.2, 0) is 11.3 Å². The Labute approximate surface area is 203 Å². The summed E-state index contributed by atoms with van der Waals surface area (Å²) in [4.78, 5) is 26.3. The third kappa shape index (κ3) is 4.54. The largest absolute Gasteiger partial charge is 0.494 e. The van der Waals surface area contributed by atoms with Crippen LogP contribution >= 0.6 is 0 Å². The van der Waals surface area contributed by atoms with Gasteiger partial charge in [0.25, 0.3) is 5.91 Å². The smallest absolute Gasteiger partial charge is 0.274 e. The van der Waals surface area contributed by atoms with Crippen LogP contribution in [0.3, 0.4) is 0 Å². The second-order valence-corrected chi connectivity index (χ2v) is 8.65. The number of hydrogen-bond donors (Lipinski definition) is 2. The number of nitrogen functional groups attached to an aromatic ring is 1. The summed E-state index contributed by atoms with van der Waals surface area (Å²) in [5.41, 5.74) is 10.8. The predicted octanol–water partition coefficient (Wildman–Crippen LogP) is 3.51. The molecule has 9 nitrogen and oxygen atoms in total. The first-order valence-electron chi connectivity index (χ1n) is 11.6. The molecule has 0 saturated carbocycles. The number of aryl methyl sites for hydroxylation is 1. The Balaban J connectivity index is 1.38. The number of benzene rings is 1. The predicted molar refractivity (Wildman–Crippen MR) is 132 cm³/mol. The first-order valence-corrected chi connectivity index (χ1v) is 11.6. The third-order valence-corrected chi connectivity index (χ3v) is 6.25. The number of nitrogens with two attached hydrogens (primary N) is 1. The van der Waals surface area contributed by atoms with E-state index in [-0.39, 0.29) is 17.5 Å². The number of methoxy groups -OCH3 is 1. The normalized spacial score (nSPS) is 15.8. The van der Waals surface area contributed by atoms with Crippen LogP contribution in [0.2, 0.25) is 0 Å². The molecule has 35 heavy (non-hydrogen) atoms. The van der Waals surface area contributed by atoms with Gasteiger partial charge in [-0.1, -0.05) is 24.3 Å². The number of pyridine rings is 1. The molecule has 0 spiro atoms. The molecular weight excluding hydrogens is 444 g/mol. The van der Waals surface area contributed by atoms with Gasteiger partial charge in [0.05, 0.1) is 13.7 Å². The highest BCUT2D eigenvalue weighted by Crippen LogP contribution is 2.33. The molecule has 9 heteroatoms. The first kappa shape index (κ1) is 22.8. The van der Waals surface area contributed by atoms with Crippen molar-refractivity contribution in [3.8, 4) is 17.0 Å². The average molecular weight is 473 g/mol. The molecule has 0 radical (unpaired) electrons. The van der Waals surface area contributed by atoms with Gasteiger partial charge in [-0.2, -0.15) is 0 Å². The van der Waals surface area contributed by atoms with E-state index in [1.54, 1.807) is 12.3 Å². The number of rotatable bonds is 6. The van der Waals surface area contributed by atoms with Crippen molar-refractivity contribution >= 4 is 17.2 Å². The second kappa shape index (κ2) is 9.71. The minimum atomic E-state index is -0.284. The molecule has 0 aliphatic carbocycles. The zero-order valence-corrected chi connectivity index (χ0v) is 19.8. The van der Waals surface area contributed by atoms with Gasteiger partial charge in [0.2, 0.25) is 0 Å². The number of nitrogens with one attached hydrogen (secondary N) is 1. The number of aromatic nitrogens is 4. The minimum absolute atomic E-state index is 0.216. The van der Waals surface area contributed by atoms with Gasteiger partial charge in [-0.05, 0) is 37.5 Å². The van der Waals surface area contributed by atoms with Gasteiger partial charge < -0.3 is 20.5 Å². The molecule has 5 rings (SSSR count). The molecule has 4 aromatic rings. The van der Waals surface area contributed by atoms with Crippen molar-refractivity contribution in [1.29, 1.82) is 0 Å². The quantitative estimate of drug-likeness (QED) is 0.441. The summed E-state index contributed by atoms with van der Waals surface area (Å²) in [5, 5.41) is 2.92. The minimum Gasteiger partial charge on any atom is -0.494 e. The lowest BCUT2D eigenvalue weighted by molar-refractivity contribution is 0.0779. The maximum absolute atomic E-state index is 12.7. The number of amides is 1. The highest BCUT2D eigenvalue weighted by atomic mass is 16.5. The zero-order valence-electron chi connectivity index (χ0n) is 19.8. The molecule has 4 heterocycles. The number of hydrogen-bond acceptors (Lipinski definition) is 7. The summed E-state index contributed by atoms with van der Waals surface area (Å²) < 4.78 is 13.0. The summed E-state index contributed by atoms with van der Waals surface area (Å²) in [6.07, 6.45) is 5.65. The van der Waals surface area contributed by atoms with Gasteiger partial charge in [-0.15, -0.1) is 0 Å². The topological polar surface area (TPSA) is 117 Å². The van der Waals surface area contributed by atoms with Crippen LogP contribution in [0.15, 0.2) is 48.8 Å². The SMILES string of the molecule is COc1ccc(C)nc1C(=O)NCc1ccc(-c2nc(C3CCCOC3)n3ccnc(N)c23)cc1. The molecule has 1 aromatic carbocycles. The Bertz CT molecular complexity index is 1360. The van der Waals surface area contributed by atoms with Gasteiger partial charge in [-0.25, -0.2) is 15.0 Å². The van der Waals surface area contributed by atoms with E-state index in [9.17, 15) is 4.79 Å². The van der Waals surface area contributed by atoms with E-state index in [1.165, 1.54) is 7.11 Å². The van der Waals surface area contributed by atoms with E-state index < -0.39 is 0 Å². The number of carbonyl (C=O) groups excluding carboxylic acids is 1. The standard InChI is InChI=1S/C26H28N6O3/c1-16-5-10-20(34-2)22(30-16)26(33)29-14-17-6-8-18(9-7-17)21-23-24(27)28-11-12-32(23)25(31-21)19-4-3-13-35-15-19/h5-12,19H,3-4,13-15H2,1-2H3,(H2,27,28)(H,29,33). The molecule has 180 valence electrons. The summed E-state index contributed by atoms with van der Waals surface area (Å²) in [7, 11) is 1.52. The number of fused-ring (bicyclic) bond motifs is 1. The number of ether oxygens (including phenoxy) is 2. The molecule has 1 aliphatic heterocycles. The summed E-state index contributed by atoms with van der Waals surface area (Å²) in [6.45, 7) is 3.64. The molecule has 1 unspecified atom stereocenters. The van der Waals surface area contributed by atoms with Crippen molar-refractivity contribution in [1.82, 2.24) is 24.7 Å². The Morgan fingerprint density at radius 3 is 2.80 bits per heavy atom. The van der Waals surface area contributed by atoms with Gasteiger partial charge >= 0.3 is 0 Å². The van der Waals surface area contributed by atoms with Crippen LogP contribution in [0.25, 0.3) is 16.8 Å². The monoisotopic (exact) mass is 472 g/mol. The lowest BCUT2D eigenvalue weighted by Gasteiger charge is -2.20. The van der Waals surface area contributed by atoms with Crippen molar-refractivity contribution < 1.29 is 14.3 Å². The number of imidazole rings is 1. The van der Waals surface area contributed by atoms with Crippen LogP contribution in [-0.4, -0.2) is 45.6 Å². The molecule has 1 atom stereocenters. The number of nitrogens with zero attached hydrogens (tertiary/aromatic N) is 4. The highest BCUT2D eigenvalue weighted by molar-refractivity contribution is 5.95. The third-order valence-electron chi connectivity index (χ3n) is 6.25.